The van der Waals surface area contributed by atoms with Gasteiger partial charge >= 0.3 is 5.97 Å². The lowest BCUT2D eigenvalue weighted by Crippen LogP contribution is -2.29. The summed E-state index contributed by atoms with van der Waals surface area (Å²) >= 11 is 0. The minimum absolute atomic E-state index is 0.0791. The molecule has 3 nitrogen and oxygen atoms in total. The van der Waals surface area contributed by atoms with Crippen LogP contribution in [0.4, 0.5) is 5.69 Å². The lowest BCUT2D eigenvalue weighted by molar-refractivity contribution is -0.141. The van der Waals surface area contributed by atoms with E-state index in [0.29, 0.717) is 0 Å². The highest BCUT2D eigenvalue weighted by molar-refractivity contribution is 5.71. The van der Waals surface area contributed by atoms with Crippen molar-refractivity contribution in [2.75, 3.05) is 5.32 Å². The summed E-state index contributed by atoms with van der Waals surface area (Å²) in [7, 11) is 0. The maximum Gasteiger partial charge on any atom is 0.308 e. The minimum Gasteiger partial charge on any atom is -0.481 e. The Kier molecular flexibility index (Phi) is 5.01. The fraction of sp³-hybridized carbons (Fsp3) is 0.500. The van der Waals surface area contributed by atoms with Crippen LogP contribution in [-0.4, -0.2) is 17.1 Å². The van der Waals surface area contributed by atoms with Gasteiger partial charge in [-0.1, -0.05) is 25.5 Å². The van der Waals surface area contributed by atoms with E-state index in [1.165, 1.54) is 5.56 Å². The molecule has 0 spiro atoms. The van der Waals surface area contributed by atoms with Crippen LogP contribution in [0.15, 0.2) is 24.3 Å². The van der Waals surface area contributed by atoms with Gasteiger partial charge < -0.3 is 10.4 Å². The van der Waals surface area contributed by atoms with Crippen molar-refractivity contribution in [3.05, 3.63) is 29.8 Å². The van der Waals surface area contributed by atoms with E-state index in [1.54, 1.807) is 6.92 Å². The lowest BCUT2D eigenvalue weighted by Gasteiger charge is -2.19. The molecule has 2 atom stereocenters. The van der Waals surface area contributed by atoms with Crippen molar-refractivity contribution in [3.63, 3.8) is 0 Å². The van der Waals surface area contributed by atoms with Crippen molar-refractivity contribution in [2.45, 2.75) is 39.7 Å². The number of carbonyl (C=O) groups is 1. The topological polar surface area (TPSA) is 49.3 Å². The smallest absolute Gasteiger partial charge is 0.308 e. The van der Waals surface area contributed by atoms with Gasteiger partial charge in [-0.05, 0) is 38.0 Å². The zero-order chi connectivity index (χ0) is 12.8. The van der Waals surface area contributed by atoms with E-state index >= 15 is 0 Å². The number of aryl methyl sites for hydroxylation is 1. The molecule has 1 rings (SSSR count). The number of hydrogen-bond acceptors (Lipinski definition) is 2. The third-order valence-corrected chi connectivity index (χ3v) is 3.03. The summed E-state index contributed by atoms with van der Waals surface area (Å²) in [6.07, 6.45) is 2.22. The second-order valence-corrected chi connectivity index (χ2v) is 4.51. The highest BCUT2D eigenvalue weighted by Crippen LogP contribution is 2.15. The summed E-state index contributed by atoms with van der Waals surface area (Å²) in [5.74, 6) is -1.17. The molecule has 0 saturated heterocycles. The largest absolute Gasteiger partial charge is 0.481 e. The van der Waals surface area contributed by atoms with Gasteiger partial charge in [-0.25, -0.2) is 0 Å². The average Bonchev–Trinajstić information content (AvgIpc) is 2.30. The van der Waals surface area contributed by atoms with Crippen LogP contribution >= 0.6 is 0 Å². The maximum absolute atomic E-state index is 10.8. The summed E-state index contributed by atoms with van der Waals surface area (Å²) in [5, 5.41) is 12.1. The van der Waals surface area contributed by atoms with Crippen molar-refractivity contribution in [1.29, 1.82) is 0 Å². The molecule has 0 amide bonds. The molecular weight excluding hydrogens is 214 g/mol. The average molecular weight is 235 g/mol. The second kappa shape index (κ2) is 6.28. The van der Waals surface area contributed by atoms with E-state index in [0.717, 1.165) is 18.5 Å². The van der Waals surface area contributed by atoms with Crippen LogP contribution in [-0.2, 0) is 11.2 Å². The molecule has 1 aromatic rings. The first-order valence-electron chi connectivity index (χ1n) is 6.13. The van der Waals surface area contributed by atoms with Crippen LogP contribution in [0.1, 0.15) is 32.8 Å². The van der Waals surface area contributed by atoms with Gasteiger partial charge in [0, 0.05) is 11.7 Å². The fourth-order valence-electron chi connectivity index (χ4n) is 1.66. The zero-order valence-corrected chi connectivity index (χ0v) is 10.7. The van der Waals surface area contributed by atoms with Gasteiger partial charge in [0.15, 0.2) is 0 Å². The monoisotopic (exact) mass is 235 g/mol. The second-order valence-electron chi connectivity index (χ2n) is 4.51. The first kappa shape index (κ1) is 13.6. The molecule has 0 fully saturated rings. The number of hydrogen-bond donors (Lipinski definition) is 2. The maximum atomic E-state index is 10.8. The molecule has 0 saturated carbocycles. The van der Waals surface area contributed by atoms with Crippen LogP contribution in [0.3, 0.4) is 0 Å². The van der Waals surface area contributed by atoms with Gasteiger partial charge in [-0.3, -0.25) is 4.79 Å². The van der Waals surface area contributed by atoms with Crippen molar-refractivity contribution in [1.82, 2.24) is 0 Å². The molecule has 17 heavy (non-hydrogen) atoms. The van der Waals surface area contributed by atoms with Crippen LogP contribution in [0.2, 0.25) is 0 Å². The SMILES string of the molecule is CCCc1ccc(NC(C)C(C)C(=O)O)cc1. The van der Waals surface area contributed by atoms with E-state index in [-0.39, 0.29) is 6.04 Å². The number of carboxylic acids is 1. The first-order chi connectivity index (χ1) is 8.04. The van der Waals surface area contributed by atoms with E-state index < -0.39 is 11.9 Å². The Morgan fingerprint density at radius 3 is 2.35 bits per heavy atom. The van der Waals surface area contributed by atoms with Gasteiger partial charge in [0.25, 0.3) is 0 Å². The summed E-state index contributed by atoms with van der Waals surface area (Å²) in [6, 6.07) is 8.12. The van der Waals surface area contributed by atoms with Gasteiger partial charge in [0.05, 0.1) is 5.92 Å². The van der Waals surface area contributed by atoms with Crippen molar-refractivity contribution >= 4 is 11.7 Å². The van der Waals surface area contributed by atoms with Crippen molar-refractivity contribution < 1.29 is 9.90 Å². The molecule has 1 aromatic carbocycles. The van der Waals surface area contributed by atoms with Gasteiger partial charge in [-0.15, -0.1) is 0 Å². The molecule has 2 N–H and O–H groups in total. The van der Waals surface area contributed by atoms with Crippen LogP contribution in [0.25, 0.3) is 0 Å². The number of anilines is 1. The predicted molar refractivity (Wildman–Crippen MR) is 70.3 cm³/mol. The Morgan fingerprint density at radius 2 is 1.88 bits per heavy atom. The third-order valence-electron chi connectivity index (χ3n) is 3.03. The normalized spacial score (nSPS) is 14.1. The number of carboxylic acid groups (broad SMARTS) is 1. The van der Waals surface area contributed by atoms with E-state index in [2.05, 4.69) is 24.4 Å². The molecule has 94 valence electrons. The fourth-order valence-corrected chi connectivity index (χ4v) is 1.66. The van der Waals surface area contributed by atoms with E-state index in [9.17, 15) is 4.79 Å². The Hall–Kier alpha value is -1.51. The molecule has 0 aliphatic heterocycles. The summed E-state index contributed by atoms with van der Waals surface area (Å²) < 4.78 is 0. The highest BCUT2D eigenvalue weighted by Gasteiger charge is 2.18. The summed E-state index contributed by atoms with van der Waals surface area (Å²) in [5.41, 5.74) is 2.29. The Bertz CT molecular complexity index is 359. The van der Waals surface area contributed by atoms with Gasteiger partial charge in [-0.2, -0.15) is 0 Å². The number of benzene rings is 1. The molecule has 3 heteroatoms. The van der Waals surface area contributed by atoms with Crippen LogP contribution in [0, 0.1) is 5.92 Å². The Balaban J connectivity index is 2.59. The van der Waals surface area contributed by atoms with Crippen LogP contribution in [0.5, 0.6) is 0 Å². The van der Waals surface area contributed by atoms with Crippen molar-refractivity contribution in [2.24, 2.45) is 5.92 Å². The number of rotatable bonds is 6. The predicted octanol–water partition coefficient (Wildman–Crippen LogP) is 3.16. The van der Waals surface area contributed by atoms with E-state index in [1.807, 2.05) is 19.1 Å². The lowest BCUT2D eigenvalue weighted by atomic mass is 10.0. The molecule has 0 heterocycles. The van der Waals surface area contributed by atoms with Gasteiger partial charge in [0.2, 0.25) is 0 Å². The van der Waals surface area contributed by atoms with Crippen molar-refractivity contribution in [3.8, 4) is 0 Å². The molecule has 0 radical (unpaired) electrons. The first-order valence-corrected chi connectivity index (χ1v) is 6.13. The molecular formula is C14H21NO2. The van der Waals surface area contributed by atoms with Gasteiger partial charge in [0.1, 0.15) is 0 Å². The minimum atomic E-state index is -0.771. The molecule has 0 aliphatic rings. The Morgan fingerprint density at radius 1 is 1.29 bits per heavy atom. The van der Waals surface area contributed by atoms with E-state index in [4.69, 9.17) is 5.11 Å². The molecule has 0 aromatic heterocycles. The standard InChI is InChI=1S/C14H21NO2/c1-4-5-12-6-8-13(9-7-12)15-11(3)10(2)14(16)17/h6-11,15H,4-5H2,1-3H3,(H,16,17). The van der Waals surface area contributed by atoms with Crippen LogP contribution < -0.4 is 5.32 Å². The quantitative estimate of drug-likeness (QED) is 0.796. The molecule has 0 aliphatic carbocycles. The summed E-state index contributed by atoms with van der Waals surface area (Å²) in [6.45, 7) is 5.76. The summed E-state index contributed by atoms with van der Waals surface area (Å²) in [4.78, 5) is 10.8. The third kappa shape index (κ3) is 4.10. The Labute approximate surface area is 103 Å². The molecule has 2 unspecified atom stereocenters. The number of aliphatic carboxylic acids is 1. The highest BCUT2D eigenvalue weighted by atomic mass is 16.4. The zero-order valence-electron chi connectivity index (χ0n) is 10.7. The number of nitrogens with one attached hydrogen (secondary N) is 1. The molecule has 0 bridgehead atoms.